The largest absolute Gasteiger partial charge is 0.326 e. The maximum absolute atomic E-state index is 13.0. The van der Waals surface area contributed by atoms with Crippen molar-refractivity contribution in [2.45, 2.75) is 33.2 Å². The maximum atomic E-state index is 13.0. The fourth-order valence-corrected chi connectivity index (χ4v) is 4.20. The van der Waals surface area contributed by atoms with Gasteiger partial charge in [0.25, 0.3) is 0 Å². The summed E-state index contributed by atoms with van der Waals surface area (Å²) in [4.78, 5) is 15.4. The Bertz CT molecular complexity index is 1040. The van der Waals surface area contributed by atoms with Gasteiger partial charge in [0, 0.05) is 37.1 Å². The molecule has 1 atom stereocenters. The second-order valence-electron chi connectivity index (χ2n) is 8.39. The van der Waals surface area contributed by atoms with Crippen LogP contribution in [0.2, 0.25) is 0 Å². The van der Waals surface area contributed by atoms with E-state index in [9.17, 15) is 4.79 Å². The zero-order chi connectivity index (χ0) is 21.1. The summed E-state index contributed by atoms with van der Waals surface area (Å²) in [6.07, 6.45) is 3.92. The minimum Gasteiger partial charge on any atom is -0.326 e. The molecule has 4 rings (SSSR count). The van der Waals surface area contributed by atoms with Crippen LogP contribution in [-0.4, -0.2) is 33.7 Å². The number of nitrogens with zero attached hydrogens (tertiary/aromatic N) is 3. The molecule has 1 aliphatic rings. The smallest absolute Gasteiger partial charge is 0.228 e. The van der Waals surface area contributed by atoms with Crippen molar-refractivity contribution in [3.8, 4) is 11.1 Å². The zero-order valence-electron chi connectivity index (χ0n) is 18.1. The Hall–Kier alpha value is -2.92. The van der Waals surface area contributed by atoms with E-state index in [-0.39, 0.29) is 11.8 Å². The van der Waals surface area contributed by atoms with Gasteiger partial charge >= 0.3 is 0 Å². The quantitative estimate of drug-likeness (QED) is 0.681. The number of carbonyl (C=O) groups is 1. The SMILES string of the molecule is Cc1cccc(-c2cccc(NC(=O)C3CCCN(Cc4cnn(C)c4C)C3)c2)c1. The lowest BCUT2D eigenvalue weighted by Gasteiger charge is -2.31. The number of likely N-dealkylation sites (tertiary alicyclic amines) is 1. The molecule has 1 unspecified atom stereocenters. The van der Waals surface area contributed by atoms with Gasteiger partial charge in [-0.25, -0.2) is 0 Å². The predicted molar refractivity (Wildman–Crippen MR) is 121 cm³/mol. The highest BCUT2D eigenvalue weighted by atomic mass is 16.1. The van der Waals surface area contributed by atoms with Gasteiger partial charge in [-0.3, -0.25) is 14.4 Å². The lowest BCUT2D eigenvalue weighted by molar-refractivity contribution is -0.121. The third-order valence-corrected chi connectivity index (χ3v) is 6.09. The molecule has 0 aliphatic carbocycles. The molecule has 0 saturated carbocycles. The van der Waals surface area contributed by atoms with E-state index >= 15 is 0 Å². The molecule has 1 N–H and O–H groups in total. The van der Waals surface area contributed by atoms with Gasteiger partial charge in [-0.1, -0.05) is 42.0 Å². The van der Waals surface area contributed by atoms with Gasteiger partial charge in [0.2, 0.25) is 5.91 Å². The van der Waals surface area contributed by atoms with Crippen LogP contribution in [-0.2, 0) is 18.4 Å². The molecule has 1 fully saturated rings. The Morgan fingerprint density at radius 3 is 2.63 bits per heavy atom. The van der Waals surface area contributed by atoms with E-state index in [2.05, 4.69) is 65.6 Å². The number of aryl methyl sites for hydroxylation is 2. The number of amides is 1. The van der Waals surface area contributed by atoms with Crippen molar-refractivity contribution in [2.24, 2.45) is 13.0 Å². The van der Waals surface area contributed by atoms with Gasteiger partial charge in [-0.05, 0) is 56.5 Å². The van der Waals surface area contributed by atoms with Crippen molar-refractivity contribution in [3.63, 3.8) is 0 Å². The minimum absolute atomic E-state index is 0.0124. The minimum atomic E-state index is 0.0124. The van der Waals surface area contributed by atoms with E-state index in [4.69, 9.17) is 0 Å². The second kappa shape index (κ2) is 8.84. The summed E-state index contributed by atoms with van der Waals surface area (Å²) in [6.45, 7) is 6.86. The van der Waals surface area contributed by atoms with Crippen LogP contribution >= 0.6 is 0 Å². The fourth-order valence-electron chi connectivity index (χ4n) is 4.20. The summed E-state index contributed by atoms with van der Waals surface area (Å²) in [5.74, 6) is 0.127. The van der Waals surface area contributed by atoms with Crippen molar-refractivity contribution >= 4 is 11.6 Å². The van der Waals surface area contributed by atoms with E-state index in [1.165, 1.54) is 22.4 Å². The van der Waals surface area contributed by atoms with Gasteiger partial charge in [-0.15, -0.1) is 0 Å². The lowest BCUT2D eigenvalue weighted by Crippen LogP contribution is -2.40. The van der Waals surface area contributed by atoms with Gasteiger partial charge in [0.1, 0.15) is 0 Å². The first kappa shape index (κ1) is 20.4. The number of hydrogen-bond acceptors (Lipinski definition) is 3. The van der Waals surface area contributed by atoms with Crippen LogP contribution < -0.4 is 5.32 Å². The molecule has 1 aliphatic heterocycles. The molecule has 0 spiro atoms. The van der Waals surface area contributed by atoms with Crippen LogP contribution in [0.25, 0.3) is 11.1 Å². The van der Waals surface area contributed by atoms with Crippen molar-refractivity contribution < 1.29 is 4.79 Å². The maximum Gasteiger partial charge on any atom is 0.228 e. The zero-order valence-corrected chi connectivity index (χ0v) is 18.1. The Kier molecular flexibility index (Phi) is 6.00. The molecule has 3 aromatic rings. The summed E-state index contributed by atoms with van der Waals surface area (Å²) in [5.41, 5.74) is 6.81. The molecule has 2 aromatic carbocycles. The number of hydrogen-bond donors (Lipinski definition) is 1. The number of aromatic nitrogens is 2. The van der Waals surface area contributed by atoms with Gasteiger partial charge in [-0.2, -0.15) is 5.10 Å². The highest BCUT2D eigenvalue weighted by Gasteiger charge is 2.26. The Labute approximate surface area is 178 Å². The first-order chi connectivity index (χ1) is 14.5. The van der Waals surface area contributed by atoms with Crippen LogP contribution in [0.5, 0.6) is 0 Å². The van der Waals surface area contributed by atoms with Crippen LogP contribution in [0.4, 0.5) is 5.69 Å². The Morgan fingerprint density at radius 1 is 1.13 bits per heavy atom. The average Bonchev–Trinajstić information content (AvgIpc) is 3.06. The third-order valence-electron chi connectivity index (χ3n) is 6.09. The van der Waals surface area contributed by atoms with Crippen LogP contribution in [0.3, 0.4) is 0 Å². The van der Waals surface area contributed by atoms with Crippen molar-refractivity contribution in [1.29, 1.82) is 0 Å². The molecular formula is C25H30N4O. The van der Waals surface area contributed by atoms with E-state index in [1.54, 1.807) is 0 Å². The molecular weight excluding hydrogens is 372 g/mol. The topological polar surface area (TPSA) is 50.2 Å². The van der Waals surface area contributed by atoms with Crippen molar-refractivity contribution in [3.05, 3.63) is 71.5 Å². The second-order valence-corrected chi connectivity index (χ2v) is 8.39. The summed E-state index contributed by atoms with van der Waals surface area (Å²) in [7, 11) is 1.97. The van der Waals surface area contributed by atoms with Crippen LogP contribution in [0, 0.1) is 19.8 Å². The average molecular weight is 403 g/mol. The lowest BCUT2D eigenvalue weighted by atomic mass is 9.96. The van der Waals surface area contributed by atoms with Crippen molar-refractivity contribution in [2.75, 3.05) is 18.4 Å². The van der Waals surface area contributed by atoms with Crippen LogP contribution in [0.1, 0.15) is 29.7 Å². The monoisotopic (exact) mass is 402 g/mol. The Morgan fingerprint density at radius 2 is 1.90 bits per heavy atom. The highest BCUT2D eigenvalue weighted by molar-refractivity contribution is 5.93. The molecule has 156 valence electrons. The first-order valence-corrected chi connectivity index (χ1v) is 10.7. The molecule has 1 saturated heterocycles. The number of anilines is 1. The van der Waals surface area contributed by atoms with Crippen LogP contribution in [0.15, 0.2) is 54.7 Å². The van der Waals surface area contributed by atoms with E-state index < -0.39 is 0 Å². The normalized spacial score (nSPS) is 17.1. The number of nitrogens with one attached hydrogen (secondary N) is 1. The first-order valence-electron chi connectivity index (χ1n) is 10.7. The molecule has 0 bridgehead atoms. The Balaban J connectivity index is 1.41. The molecule has 1 amide bonds. The molecule has 1 aromatic heterocycles. The molecule has 5 heteroatoms. The molecule has 2 heterocycles. The van der Waals surface area contributed by atoms with Gasteiger partial charge in [0.15, 0.2) is 0 Å². The fraction of sp³-hybridized carbons (Fsp3) is 0.360. The number of carbonyl (C=O) groups excluding carboxylic acids is 1. The number of rotatable bonds is 5. The van der Waals surface area contributed by atoms with Crippen molar-refractivity contribution in [1.82, 2.24) is 14.7 Å². The standard InChI is InChI=1S/C25H30N4O/c1-18-7-4-8-20(13-18)21-9-5-11-24(14-21)27-25(30)22-10-6-12-29(16-22)17-23-15-26-28(3)19(23)2/h4-5,7-9,11,13-15,22H,6,10,12,16-17H2,1-3H3,(H,27,30). The summed E-state index contributed by atoms with van der Waals surface area (Å²) < 4.78 is 1.91. The van der Waals surface area contributed by atoms with E-state index in [1.807, 2.05) is 30.1 Å². The molecule has 30 heavy (non-hydrogen) atoms. The van der Waals surface area contributed by atoms with Gasteiger partial charge in [0.05, 0.1) is 12.1 Å². The van der Waals surface area contributed by atoms with E-state index in [0.717, 1.165) is 43.7 Å². The van der Waals surface area contributed by atoms with E-state index in [0.29, 0.717) is 0 Å². The number of benzene rings is 2. The van der Waals surface area contributed by atoms with Gasteiger partial charge < -0.3 is 5.32 Å². The highest BCUT2D eigenvalue weighted by Crippen LogP contribution is 2.25. The summed E-state index contributed by atoms with van der Waals surface area (Å²) in [5, 5.41) is 7.50. The molecule has 5 nitrogen and oxygen atoms in total. The number of piperidine rings is 1. The predicted octanol–water partition coefficient (Wildman–Crippen LogP) is 4.55. The third kappa shape index (κ3) is 4.62. The summed E-state index contributed by atoms with van der Waals surface area (Å²) >= 11 is 0. The molecule has 0 radical (unpaired) electrons. The summed E-state index contributed by atoms with van der Waals surface area (Å²) in [6, 6.07) is 16.6.